The molecule has 1 aromatic heterocycles. The summed E-state index contributed by atoms with van der Waals surface area (Å²) in [6.45, 7) is 2.69. The Kier molecular flexibility index (Phi) is 4.30. The quantitative estimate of drug-likeness (QED) is 0.796. The normalized spacial score (nSPS) is 13.7. The molecule has 0 fully saturated rings. The van der Waals surface area contributed by atoms with Gasteiger partial charge in [0.2, 0.25) is 0 Å². The first-order chi connectivity index (χ1) is 9.30. The molecule has 2 rings (SSSR count). The van der Waals surface area contributed by atoms with Crippen molar-refractivity contribution in [3.63, 3.8) is 0 Å². The molecule has 0 aliphatic rings. The minimum absolute atomic E-state index is 0.523. The van der Waals surface area contributed by atoms with Gasteiger partial charge in [-0.3, -0.25) is 4.68 Å². The second-order valence-electron chi connectivity index (χ2n) is 4.76. The number of benzene rings is 1. The van der Waals surface area contributed by atoms with Crippen LogP contribution in [0.2, 0.25) is 0 Å². The molecular formula is C15H18N4. The zero-order valence-electron chi connectivity index (χ0n) is 11.2. The Morgan fingerprint density at radius 2 is 2.11 bits per heavy atom. The molecule has 0 aliphatic carbocycles. The highest BCUT2D eigenvalue weighted by Gasteiger charge is 2.32. The number of hydrogen-bond donors (Lipinski definition) is 0. The largest absolute Gasteiger partial charge is 0.251 e. The lowest BCUT2D eigenvalue weighted by molar-refractivity contribution is 0.390. The monoisotopic (exact) mass is 254 g/mol. The number of rotatable bonds is 6. The molecule has 0 saturated carbocycles. The van der Waals surface area contributed by atoms with Gasteiger partial charge >= 0.3 is 0 Å². The van der Waals surface area contributed by atoms with Crippen LogP contribution in [-0.2, 0) is 12.0 Å². The molecule has 0 unspecified atom stereocenters. The second kappa shape index (κ2) is 6.14. The van der Waals surface area contributed by atoms with Crippen LogP contribution < -0.4 is 0 Å². The molecule has 0 spiro atoms. The van der Waals surface area contributed by atoms with Crippen molar-refractivity contribution in [2.45, 2.75) is 38.1 Å². The number of hydrogen-bond acceptors (Lipinski definition) is 3. The lowest BCUT2D eigenvalue weighted by Gasteiger charge is -2.26. The van der Waals surface area contributed by atoms with Gasteiger partial charge in [0.05, 0.1) is 12.6 Å². The summed E-state index contributed by atoms with van der Waals surface area (Å²) in [5, 5.41) is 13.9. The fraction of sp³-hybridized carbons (Fsp3) is 0.400. The molecular weight excluding hydrogens is 236 g/mol. The Balaban J connectivity index is 2.34. The van der Waals surface area contributed by atoms with E-state index in [1.54, 1.807) is 11.0 Å². The van der Waals surface area contributed by atoms with Gasteiger partial charge in [-0.15, -0.1) is 0 Å². The molecule has 2 aromatic rings. The summed E-state index contributed by atoms with van der Waals surface area (Å²) in [5.74, 6) is 0. The molecule has 19 heavy (non-hydrogen) atoms. The van der Waals surface area contributed by atoms with Gasteiger partial charge in [0.15, 0.2) is 0 Å². The van der Waals surface area contributed by atoms with Crippen LogP contribution in [0.4, 0.5) is 0 Å². The third-order valence-corrected chi connectivity index (χ3v) is 3.40. The summed E-state index contributed by atoms with van der Waals surface area (Å²) in [5.41, 5.74) is 0.534. The minimum atomic E-state index is -0.523. The van der Waals surface area contributed by atoms with Crippen LogP contribution >= 0.6 is 0 Å². The summed E-state index contributed by atoms with van der Waals surface area (Å²) < 4.78 is 1.74. The molecule has 0 amide bonds. The molecule has 1 atom stereocenters. The Bertz CT molecular complexity index is 527. The minimum Gasteiger partial charge on any atom is -0.251 e. The van der Waals surface area contributed by atoms with Crippen molar-refractivity contribution < 1.29 is 0 Å². The van der Waals surface area contributed by atoms with Gasteiger partial charge in [0.1, 0.15) is 18.1 Å². The highest BCUT2D eigenvalue weighted by Crippen LogP contribution is 2.31. The van der Waals surface area contributed by atoms with Crippen molar-refractivity contribution in [3.05, 3.63) is 48.5 Å². The molecule has 4 heteroatoms. The summed E-state index contributed by atoms with van der Waals surface area (Å²) in [6.07, 6.45) is 6.11. The van der Waals surface area contributed by atoms with Crippen molar-refractivity contribution in [1.29, 1.82) is 5.26 Å². The van der Waals surface area contributed by atoms with Gasteiger partial charge in [0.25, 0.3) is 0 Å². The Morgan fingerprint density at radius 3 is 2.68 bits per heavy atom. The maximum absolute atomic E-state index is 9.74. The van der Waals surface area contributed by atoms with Gasteiger partial charge in [-0.25, -0.2) is 4.98 Å². The van der Waals surface area contributed by atoms with Crippen LogP contribution in [0, 0.1) is 11.3 Å². The van der Waals surface area contributed by atoms with E-state index in [1.807, 2.05) is 30.3 Å². The third kappa shape index (κ3) is 3.00. The maximum Gasteiger partial charge on any atom is 0.137 e. The van der Waals surface area contributed by atoms with Crippen LogP contribution in [0.25, 0.3) is 0 Å². The molecule has 0 radical (unpaired) electrons. The summed E-state index contributed by atoms with van der Waals surface area (Å²) in [6, 6.07) is 12.5. The molecule has 0 N–H and O–H groups in total. The van der Waals surface area contributed by atoms with E-state index in [9.17, 15) is 5.26 Å². The first-order valence-electron chi connectivity index (χ1n) is 6.60. The fourth-order valence-corrected chi connectivity index (χ4v) is 2.30. The first kappa shape index (κ1) is 13.3. The smallest absolute Gasteiger partial charge is 0.137 e. The number of nitrogens with zero attached hydrogens (tertiary/aromatic N) is 4. The van der Waals surface area contributed by atoms with Crippen LogP contribution in [0.15, 0.2) is 43.0 Å². The highest BCUT2D eigenvalue weighted by atomic mass is 15.3. The topological polar surface area (TPSA) is 54.5 Å². The number of aromatic nitrogens is 3. The van der Waals surface area contributed by atoms with E-state index in [1.165, 1.54) is 6.33 Å². The zero-order valence-corrected chi connectivity index (χ0v) is 11.2. The maximum atomic E-state index is 9.74. The van der Waals surface area contributed by atoms with Crippen molar-refractivity contribution in [3.8, 4) is 6.07 Å². The molecule has 0 saturated heterocycles. The zero-order chi connectivity index (χ0) is 13.6. The Morgan fingerprint density at radius 1 is 1.32 bits per heavy atom. The van der Waals surface area contributed by atoms with E-state index in [0.717, 1.165) is 24.8 Å². The van der Waals surface area contributed by atoms with Crippen molar-refractivity contribution >= 4 is 0 Å². The van der Waals surface area contributed by atoms with E-state index in [4.69, 9.17) is 0 Å². The van der Waals surface area contributed by atoms with Crippen LogP contribution in [0.5, 0.6) is 0 Å². The molecule has 0 aliphatic heterocycles. The SMILES string of the molecule is CCCC[C@](C#N)(Cn1cncn1)c1ccccc1. The lowest BCUT2D eigenvalue weighted by atomic mass is 9.77. The van der Waals surface area contributed by atoms with Gasteiger partial charge in [0, 0.05) is 0 Å². The second-order valence-corrected chi connectivity index (χ2v) is 4.76. The fourth-order valence-electron chi connectivity index (χ4n) is 2.30. The van der Waals surface area contributed by atoms with E-state index >= 15 is 0 Å². The summed E-state index contributed by atoms with van der Waals surface area (Å²) >= 11 is 0. The average Bonchev–Trinajstić information content (AvgIpc) is 2.97. The van der Waals surface area contributed by atoms with Crippen molar-refractivity contribution in [1.82, 2.24) is 14.8 Å². The van der Waals surface area contributed by atoms with Gasteiger partial charge in [-0.1, -0.05) is 50.1 Å². The lowest BCUT2D eigenvalue weighted by Crippen LogP contribution is -2.30. The summed E-state index contributed by atoms with van der Waals surface area (Å²) in [4.78, 5) is 3.96. The first-order valence-corrected chi connectivity index (χ1v) is 6.60. The molecule has 98 valence electrons. The van der Waals surface area contributed by atoms with Crippen molar-refractivity contribution in [2.24, 2.45) is 0 Å². The van der Waals surface area contributed by atoms with Crippen LogP contribution in [-0.4, -0.2) is 14.8 Å². The van der Waals surface area contributed by atoms with Gasteiger partial charge < -0.3 is 0 Å². The Hall–Kier alpha value is -2.15. The predicted molar refractivity (Wildman–Crippen MR) is 73.3 cm³/mol. The van der Waals surface area contributed by atoms with E-state index in [-0.39, 0.29) is 0 Å². The van der Waals surface area contributed by atoms with E-state index in [2.05, 4.69) is 23.1 Å². The third-order valence-electron chi connectivity index (χ3n) is 3.40. The van der Waals surface area contributed by atoms with Gasteiger partial charge in [-0.05, 0) is 12.0 Å². The van der Waals surface area contributed by atoms with E-state index < -0.39 is 5.41 Å². The standard InChI is InChI=1S/C15H18N4/c1-2-3-9-15(10-16,11-19-13-17-12-18-19)14-7-5-4-6-8-14/h4-8,12-13H,2-3,9,11H2,1H3/t15-/m0/s1. The highest BCUT2D eigenvalue weighted by molar-refractivity contribution is 5.32. The molecule has 1 heterocycles. The predicted octanol–water partition coefficient (Wildman–Crippen LogP) is 2.93. The van der Waals surface area contributed by atoms with E-state index in [0.29, 0.717) is 6.54 Å². The summed E-state index contributed by atoms with van der Waals surface area (Å²) in [7, 11) is 0. The van der Waals surface area contributed by atoms with Crippen molar-refractivity contribution in [2.75, 3.05) is 0 Å². The van der Waals surface area contributed by atoms with Crippen LogP contribution in [0.3, 0.4) is 0 Å². The number of nitriles is 1. The number of unbranched alkanes of at least 4 members (excludes halogenated alkanes) is 1. The Labute approximate surface area is 113 Å². The molecule has 0 bridgehead atoms. The average molecular weight is 254 g/mol. The molecule has 4 nitrogen and oxygen atoms in total. The molecule has 1 aromatic carbocycles. The van der Waals surface area contributed by atoms with Gasteiger partial charge in [-0.2, -0.15) is 10.4 Å². The van der Waals surface area contributed by atoms with Crippen LogP contribution in [0.1, 0.15) is 31.7 Å².